The molecule has 14 nitrogen and oxygen atoms in total. The lowest BCUT2D eigenvalue weighted by Crippen LogP contribution is -2.80. The van der Waals surface area contributed by atoms with Gasteiger partial charge in [-0.25, -0.2) is 0 Å². The largest absolute Gasteiger partial charge is 0.445 e. The monoisotopic (exact) mass is 461 g/mol. The smallest absolute Gasteiger partial charge is 0.303 e. The molecule has 180 valence electrons. The number of ether oxygens (including phenoxy) is 1. The highest BCUT2D eigenvalue weighted by molar-refractivity contribution is 6.39. The summed E-state index contributed by atoms with van der Waals surface area (Å²) in [5.41, 5.74) is 3.33. The number of aliphatic hydroxyl groups is 3. The molecule has 14 heteroatoms. The zero-order valence-corrected chi connectivity index (χ0v) is 17.9. The van der Waals surface area contributed by atoms with Crippen LogP contribution in [0.25, 0.3) is 0 Å². The van der Waals surface area contributed by atoms with Crippen molar-refractivity contribution >= 4 is 40.9 Å². The van der Waals surface area contributed by atoms with Crippen molar-refractivity contribution in [2.45, 2.75) is 63.5 Å². The van der Waals surface area contributed by atoms with Gasteiger partial charge in [0, 0.05) is 27.2 Å². The second-order valence-electron chi connectivity index (χ2n) is 7.05. The highest BCUT2D eigenvalue weighted by Gasteiger charge is 2.71. The van der Waals surface area contributed by atoms with Gasteiger partial charge >= 0.3 is 5.97 Å². The molecule has 0 aliphatic carbocycles. The third-order valence-electron chi connectivity index (χ3n) is 4.55. The number of primary amides is 1. The number of ketones is 4. The minimum atomic E-state index is -3.73. The van der Waals surface area contributed by atoms with Gasteiger partial charge < -0.3 is 36.8 Å². The van der Waals surface area contributed by atoms with Crippen molar-refractivity contribution in [2.75, 3.05) is 6.61 Å². The Kier molecular flexibility index (Phi) is 9.94. The number of nitrogens with two attached hydrogens (primary N) is 2. The van der Waals surface area contributed by atoms with Gasteiger partial charge in [0.15, 0.2) is 17.3 Å². The third kappa shape index (κ3) is 5.59. The molecule has 0 bridgehead atoms. The normalized spacial score (nSPS) is 17.5. The van der Waals surface area contributed by atoms with Gasteiger partial charge in [0.1, 0.15) is 12.1 Å². The number of amides is 2. The highest BCUT2D eigenvalue weighted by atomic mass is 16.6. The van der Waals surface area contributed by atoms with Crippen molar-refractivity contribution in [3.63, 3.8) is 0 Å². The fourth-order valence-corrected chi connectivity index (χ4v) is 3.20. The summed E-state index contributed by atoms with van der Waals surface area (Å²) < 4.78 is 4.91. The van der Waals surface area contributed by atoms with Crippen LogP contribution in [0.4, 0.5) is 0 Å². The number of hydrogen-bond acceptors (Lipinski definition) is 12. The number of rotatable bonds is 13. The Morgan fingerprint density at radius 1 is 1.03 bits per heavy atom. The van der Waals surface area contributed by atoms with Gasteiger partial charge in [-0.3, -0.25) is 33.6 Å². The molecule has 0 unspecified atom stereocenters. The topological polar surface area (TPSA) is 253 Å². The van der Waals surface area contributed by atoms with Crippen LogP contribution in [0.3, 0.4) is 0 Å². The standard InChI is InChI=1S/C18H27N3O11/c1-7(23)14(29)15(21-9(3)25)18(8(2)24,32-10(4)26)17(31,12(27)6-22)16(30)11(19)5-13(20)28/h11-12,15,22,27,31H,5-6,19H2,1-4H3,(H2,20,28)(H,21,25)/t11-,12+,15-,17-,18+/m0/s1. The van der Waals surface area contributed by atoms with Gasteiger partial charge in [0.25, 0.3) is 0 Å². The van der Waals surface area contributed by atoms with E-state index < -0.39 is 83.3 Å². The molecular formula is C18H27N3O11. The van der Waals surface area contributed by atoms with E-state index in [0.717, 1.165) is 13.8 Å². The molecule has 5 atom stereocenters. The SMILES string of the molecule is CC(=O)N[C@@H](C(=O)C(C)=O)[C@](OC(C)=O)(C(C)=O)[C@@](O)(C(=O)[C@@H](N)CC(N)=O)[C@H](O)CO. The Hall–Kier alpha value is -3.07. The molecule has 32 heavy (non-hydrogen) atoms. The Labute approximate surface area is 182 Å². The lowest BCUT2D eigenvalue weighted by atomic mass is 9.66. The highest BCUT2D eigenvalue weighted by Crippen LogP contribution is 2.37. The second kappa shape index (κ2) is 11.0. The van der Waals surface area contributed by atoms with Crippen LogP contribution in [-0.4, -0.2) is 92.2 Å². The average Bonchev–Trinajstić information content (AvgIpc) is 2.66. The quantitative estimate of drug-likeness (QED) is 0.112. The molecule has 0 saturated carbocycles. The van der Waals surface area contributed by atoms with Crippen molar-refractivity contribution in [2.24, 2.45) is 11.5 Å². The third-order valence-corrected chi connectivity index (χ3v) is 4.55. The van der Waals surface area contributed by atoms with Gasteiger partial charge in [-0.1, -0.05) is 0 Å². The average molecular weight is 461 g/mol. The lowest BCUT2D eigenvalue weighted by molar-refractivity contribution is -0.227. The lowest BCUT2D eigenvalue weighted by Gasteiger charge is -2.48. The molecule has 0 aliphatic heterocycles. The molecule has 0 spiro atoms. The number of aliphatic hydroxyl groups excluding tert-OH is 2. The summed E-state index contributed by atoms with van der Waals surface area (Å²) in [5.74, 6) is -9.75. The molecule has 0 aromatic carbocycles. The Morgan fingerprint density at radius 3 is 1.84 bits per heavy atom. The van der Waals surface area contributed by atoms with E-state index in [2.05, 4.69) is 0 Å². The van der Waals surface area contributed by atoms with Crippen LogP contribution in [0.5, 0.6) is 0 Å². The predicted octanol–water partition coefficient (Wildman–Crippen LogP) is -4.60. The van der Waals surface area contributed by atoms with Crippen molar-refractivity contribution in [1.82, 2.24) is 5.32 Å². The summed E-state index contributed by atoms with van der Waals surface area (Å²) >= 11 is 0. The number of esters is 1. The number of Topliss-reactive ketones (excluding diaryl/α,β-unsaturated/α-hetero) is 4. The van der Waals surface area contributed by atoms with Gasteiger partial charge in [-0.2, -0.15) is 0 Å². The molecule has 0 fully saturated rings. The van der Waals surface area contributed by atoms with E-state index in [4.69, 9.17) is 16.2 Å². The zero-order chi connectivity index (χ0) is 25.6. The first-order valence-electron chi connectivity index (χ1n) is 9.12. The summed E-state index contributed by atoms with van der Waals surface area (Å²) in [5, 5.41) is 33.1. The Bertz CT molecular complexity index is 827. The zero-order valence-electron chi connectivity index (χ0n) is 17.9. The van der Waals surface area contributed by atoms with E-state index >= 15 is 0 Å². The van der Waals surface area contributed by atoms with E-state index in [1.54, 1.807) is 0 Å². The molecule has 0 aliphatic rings. The minimum Gasteiger partial charge on any atom is -0.445 e. The van der Waals surface area contributed by atoms with Crippen LogP contribution in [-0.2, 0) is 38.3 Å². The van der Waals surface area contributed by atoms with E-state index in [9.17, 15) is 48.9 Å². The number of nitrogens with one attached hydrogen (secondary N) is 1. The second-order valence-corrected chi connectivity index (χ2v) is 7.05. The van der Waals surface area contributed by atoms with Crippen molar-refractivity contribution < 1.29 is 53.6 Å². The van der Waals surface area contributed by atoms with Crippen LogP contribution in [0, 0.1) is 0 Å². The summed E-state index contributed by atoms with van der Waals surface area (Å²) in [4.78, 5) is 85.3. The Morgan fingerprint density at radius 2 is 1.53 bits per heavy atom. The maximum Gasteiger partial charge on any atom is 0.303 e. The summed E-state index contributed by atoms with van der Waals surface area (Å²) in [6.07, 6.45) is -3.59. The van der Waals surface area contributed by atoms with Crippen molar-refractivity contribution in [3.8, 4) is 0 Å². The minimum absolute atomic E-state index is 0.618. The van der Waals surface area contributed by atoms with Gasteiger partial charge in [-0.15, -0.1) is 0 Å². The summed E-state index contributed by atoms with van der Waals surface area (Å²) in [6.45, 7) is 1.41. The first-order valence-corrected chi connectivity index (χ1v) is 9.12. The van der Waals surface area contributed by atoms with Gasteiger partial charge in [0.2, 0.25) is 28.8 Å². The predicted molar refractivity (Wildman–Crippen MR) is 103 cm³/mol. The van der Waals surface area contributed by atoms with E-state index in [1.165, 1.54) is 0 Å². The number of carbonyl (C=O) groups is 7. The fourth-order valence-electron chi connectivity index (χ4n) is 3.20. The molecular weight excluding hydrogens is 434 g/mol. The molecule has 0 saturated heterocycles. The van der Waals surface area contributed by atoms with Gasteiger partial charge in [-0.05, 0) is 6.92 Å². The van der Waals surface area contributed by atoms with Crippen LogP contribution < -0.4 is 16.8 Å². The maximum atomic E-state index is 13.1. The fraction of sp³-hybridized carbons (Fsp3) is 0.611. The van der Waals surface area contributed by atoms with Crippen LogP contribution in [0.1, 0.15) is 34.1 Å². The van der Waals surface area contributed by atoms with E-state index in [1.807, 2.05) is 5.32 Å². The molecule has 0 radical (unpaired) electrons. The molecule has 8 N–H and O–H groups in total. The van der Waals surface area contributed by atoms with Crippen molar-refractivity contribution in [1.29, 1.82) is 0 Å². The van der Waals surface area contributed by atoms with Crippen LogP contribution >= 0.6 is 0 Å². The maximum absolute atomic E-state index is 13.1. The summed E-state index contributed by atoms with van der Waals surface area (Å²) in [6, 6.07) is -4.56. The van der Waals surface area contributed by atoms with Crippen LogP contribution in [0.2, 0.25) is 0 Å². The molecule has 2 amide bonds. The molecule has 0 heterocycles. The van der Waals surface area contributed by atoms with E-state index in [-0.39, 0.29) is 0 Å². The Balaban J connectivity index is 7.53. The van der Waals surface area contributed by atoms with Crippen LogP contribution in [0.15, 0.2) is 0 Å². The van der Waals surface area contributed by atoms with Crippen molar-refractivity contribution in [3.05, 3.63) is 0 Å². The summed E-state index contributed by atoms with van der Waals surface area (Å²) in [7, 11) is 0. The first kappa shape index (κ1) is 28.9. The molecule has 0 aromatic rings. The van der Waals surface area contributed by atoms with E-state index in [0.29, 0.717) is 13.8 Å². The first-order chi connectivity index (χ1) is 14.5. The number of carbonyl (C=O) groups excluding carboxylic acids is 7. The number of hydrogen-bond donors (Lipinski definition) is 6. The molecule has 0 aromatic heterocycles. The van der Waals surface area contributed by atoms with Gasteiger partial charge in [0.05, 0.1) is 12.6 Å². The molecule has 0 rings (SSSR count).